The lowest BCUT2D eigenvalue weighted by molar-refractivity contribution is -0.137. The Morgan fingerprint density at radius 2 is 2.19 bits per heavy atom. The van der Waals surface area contributed by atoms with E-state index in [1.54, 1.807) is 4.68 Å². The minimum atomic E-state index is 0.113. The molecule has 2 unspecified atom stereocenters. The Morgan fingerprint density at radius 1 is 1.48 bits per heavy atom. The Hall–Kier alpha value is -1.07. The molecule has 2 heterocycles. The number of rotatable bonds is 4. The zero-order valence-corrected chi connectivity index (χ0v) is 13.9. The van der Waals surface area contributed by atoms with Gasteiger partial charge in [-0.3, -0.25) is 9.48 Å². The molecule has 0 bridgehead atoms. The molecule has 1 aliphatic heterocycles. The number of hydrogen-bond donors (Lipinski definition) is 1. The number of hydrogen-bond acceptors (Lipinski definition) is 3. The quantitative estimate of drug-likeness (QED) is 0.926. The Morgan fingerprint density at radius 3 is 2.76 bits per heavy atom. The topological polar surface area (TPSA) is 64.2 Å². The van der Waals surface area contributed by atoms with Crippen molar-refractivity contribution in [3.05, 3.63) is 16.4 Å². The van der Waals surface area contributed by atoms with Crippen molar-refractivity contribution in [2.45, 2.75) is 52.6 Å². The minimum Gasteiger partial charge on any atom is -0.338 e. The average molecular weight is 313 g/mol. The predicted molar refractivity (Wildman–Crippen MR) is 84.3 cm³/mol. The van der Waals surface area contributed by atoms with Crippen LogP contribution in [0, 0.1) is 19.8 Å². The molecule has 1 aliphatic rings. The summed E-state index contributed by atoms with van der Waals surface area (Å²) in [6.07, 6.45) is 3.09. The molecule has 1 amide bonds. The highest BCUT2D eigenvalue weighted by atomic mass is 35.5. The maximum absolute atomic E-state index is 12.7. The van der Waals surface area contributed by atoms with Crippen LogP contribution in [0.1, 0.15) is 37.6 Å². The number of carbonyl (C=O) groups excluding carboxylic acids is 1. The largest absolute Gasteiger partial charge is 0.338 e. The smallest absolute Gasteiger partial charge is 0.244 e. The zero-order chi connectivity index (χ0) is 15.6. The van der Waals surface area contributed by atoms with Gasteiger partial charge in [-0.15, -0.1) is 0 Å². The molecular weight excluding hydrogens is 288 g/mol. The third-order valence-corrected chi connectivity index (χ3v) is 5.02. The third-order valence-electron chi connectivity index (χ3n) is 4.48. The molecule has 1 fully saturated rings. The fourth-order valence-electron chi connectivity index (χ4n) is 3.22. The highest BCUT2D eigenvalue weighted by Crippen LogP contribution is 2.26. The van der Waals surface area contributed by atoms with E-state index in [9.17, 15) is 4.79 Å². The second kappa shape index (κ2) is 6.79. The molecule has 0 aliphatic carbocycles. The van der Waals surface area contributed by atoms with Crippen LogP contribution in [0.2, 0.25) is 5.02 Å². The average Bonchev–Trinajstić information content (AvgIpc) is 2.68. The molecule has 1 aromatic rings. The van der Waals surface area contributed by atoms with Crippen molar-refractivity contribution < 1.29 is 4.79 Å². The Balaban J connectivity index is 2.12. The zero-order valence-electron chi connectivity index (χ0n) is 13.1. The molecule has 0 radical (unpaired) electrons. The highest BCUT2D eigenvalue weighted by molar-refractivity contribution is 6.31. The number of nitrogens with zero attached hydrogens (tertiary/aromatic N) is 3. The molecule has 2 N–H and O–H groups in total. The molecule has 0 spiro atoms. The predicted octanol–water partition coefficient (Wildman–Crippen LogP) is 2.13. The van der Waals surface area contributed by atoms with Crippen molar-refractivity contribution in [1.29, 1.82) is 0 Å². The summed E-state index contributed by atoms with van der Waals surface area (Å²) in [5.41, 5.74) is 7.33. The number of amides is 1. The molecule has 6 heteroatoms. The van der Waals surface area contributed by atoms with Crippen molar-refractivity contribution in [1.82, 2.24) is 14.7 Å². The molecule has 2 atom stereocenters. The maximum atomic E-state index is 12.7. The summed E-state index contributed by atoms with van der Waals surface area (Å²) in [6, 6.07) is 0.253. The van der Waals surface area contributed by atoms with Crippen LogP contribution in [0.15, 0.2) is 0 Å². The first-order chi connectivity index (χ1) is 9.95. The van der Waals surface area contributed by atoms with E-state index in [1.165, 1.54) is 6.42 Å². The molecule has 21 heavy (non-hydrogen) atoms. The van der Waals surface area contributed by atoms with Crippen LogP contribution in [0.5, 0.6) is 0 Å². The van der Waals surface area contributed by atoms with Crippen LogP contribution in [-0.2, 0) is 11.3 Å². The van der Waals surface area contributed by atoms with Crippen LogP contribution < -0.4 is 5.73 Å². The fraction of sp³-hybridized carbons (Fsp3) is 0.733. The second-order valence-electron chi connectivity index (χ2n) is 5.99. The van der Waals surface area contributed by atoms with E-state index in [4.69, 9.17) is 17.3 Å². The minimum absolute atomic E-state index is 0.113. The van der Waals surface area contributed by atoms with Crippen molar-refractivity contribution >= 4 is 17.5 Å². The van der Waals surface area contributed by atoms with Gasteiger partial charge >= 0.3 is 0 Å². The molecule has 0 saturated carbocycles. The van der Waals surface area contributed by atoms with Crippen molar-refractivity contribution in [3.63, 3.8) is 0 Å². The van der Waals surface area contributed by atoms with Gasteiger partial charge < -0.3 is 10.6 Å². The van der Waals surface area contributed by atoms with Gasteiger partial charge in [0.05, 0.1) is 16.4 Å². The molecular formula is C15H25ClN4O. The van der Waals surface area contributed by atoms with Crippen LogP contribution >= 0.6 is 11.6 Å². The normalized spacial score (nSPS) is 22.6. The monoisotopic (exact) mass is 312 g/mol. The van der Waals surface area contributed by atoms with Crippen molar-refractivity contribution in [2.24, 2.45) is 11.7 Å². The second-order valence-corrected chi connectivity index (χ2v) is 6.37. The van der Waals surface area contributed by atoms with Crippen molar-refractivity contribution in [2.75, 3.05) is 13.1 Å². The number of piperidine rings is 1. The summed E-state index contributed by atoms with van der Waals surface area (Å²) < 4.78 is 1.71. The summed E-state index contributed by atoms with van der Waals surface area (Å²) in [5.74, 6) is 0.623. The summed E-state index contributed by atoms with van der Waals surface area (Å²) in [5, 5.41) is 4.99. The third kappa shape index (κ3) is 3.40. The van der Waals surface area contributed by atoms with Gasteiger partial charge in [0, 0.05) is 12.6 Å². The van der Waals surface area contributed by atoms with Gasteiger partial charge in [-0.05, 0) is 45.6 Å². The van der Waals surface area contributed by atoms with E-state index >= 15 is 0 Å². The van der Waals surface area contributed by atoms with Gasteiger partial charge in [0.1, 0.15) is 6.54 Å². The number of carbonyl (C=O) groups is 1. The molecule has 2 rings (SSSR count). The lowest BCUT2D eigenvalue weighted by Crippen LogP contribution is -2.49. The lowest BCUT2D eigenvalue weighted by atomic mass is 9.88. The van der Waals surface area contributed by atoms with E-state index in [-0.39, 0.29) is 18.5 Å². The summed E-state index contributed by atoms with van der Waals surface area (Å²) >= 11 is 6.14. The van der Waals surface area contributed by atoms with E-state index in [0.29, 0.717) is 17.5 Å². The Bertz CT molecular complexity index is 514. The molecule has 1 saturated heterocycles. The lowest BCUT2D eigenvalue weighted by Gasteiger charge is -2.40. The fourth-order valence-corrected chi connectivity index (χ4v) is 3.35. The first kappa shape index (κ1) is 16.3. The van der Waals surface area contributed by atoms with Gasteiger partial charge in [0.25, 0.3) is 0 Å². The van der Waals surface area contributed by atoms with E-state index < -0.39 is 0 Å². The molecule has 5 nitrogen and oxygen atoms in total. The molecule has 1 aromatic heterocycles. The highest BCUT2D eigenvalue weighted by Gasteiger charge is 2.31. The standard InChI is InChI=1S/C15H25ClN4O/c1-10-5-4-8-19(13(10)6-7-17)14(21)9-20-12(3)15(16)11(2)18-20/h10,13H,4-9,17H2,1-3H3. The first-order valence-electron chi connectivity index (χ1n) is 7.64. The van der Waals surface area contributed by atoms with Gasteiger partial charge in [0.15, 0.2) is 0 Å². The van der Waals surface area contributed by atoms with Crippen LogP contribution in [-0.4, -0.2) is 39.7 Å². The van der Waals surface area contributed by atoms with Crippen LogP contribution in [0.4, 0.5) is 0 Å². The summed E-state index contributed by atoms with van der Waals surface area (Å²) in [7, 11) is 0. The summed E-state index contributed by atoms with van der Waals surface area (Å²) in [4.78, 5) is 14.6. The van der Waals surface area contributed by atoms with E-state index in [1.807, 2.05) is 18.7 Å². The number of aromatic nitrogens is 2. The number of likely N-dealkylation sites (tertiary alicyclic amines) is 1. The molecule has 0 aromatic carbocycles. The Kier molecular flexibility index (Phi) is 5.27. The van der Waals surface area contributed by atoms with Crippen molar-refractivity contribution in [3.8, 4) is 0 Å². The number of halogens is 1. The van der Waals surface area contributed by atoms with Gasteiger partial charge in [-0.25, -0.2) is 0 Å². The van der Waals surface area contributed by atoms with Gasteiger partial charge in [0.2, 0.25) is 5.91 Å². The summed E-state index contributed by atoms with van der Waals surface area (Å²) in [6.45, 7) is 7.65. The number of nitrogens with two attached hydrogens (primary N) is 1. The Labute approximate surface area is 131 Å². The number of aryl methyl sites for hydroxylation is 1. The van der Waals surface area contributed by atoms with E-state index in [2.05, 4.69) is 12.0 Å². The van der Waals surface area contributed by atoms with Crippen LogP contribution in [0.25, 0.3) is 0 Å². The SMILES string of the molecule is Cc1nn(CC(=O)N2CCCC(C)C2CCN)c(C)c1Cl. The first-order valence-corrected chi connectivity index (χ1v) is 8.02. The van der Waals surface area contributed by atoms with Gasteiger partial charge in [-0.2, -0.15) is 5.10 Å². The van der Waals surface area contributed by atoms with Crippen LogP contribution in [0.3, 0.4) is 0 Å². The maximum Gasteiger partial charge on any atom is 0.244 e. The van der Waals surface area contributed by atoms with E-state index in [0.717, 1.165) is 30.8 Å². The van der Waals surface area contributed by atoms with Gasteiger partial charge in [-0.1, -0.05) is 18.5 Å². The molecule has 118 valence electrons.